The average molecular weight is 330 g/mol. The van der Waals surface area contributed by atoms with Crippen molar-refractivity contribution in [3.8, 4) is 11.3 Å². The summed E-state index contributed by atoms with van der Waals surface area (Å²) in [5.74, 6) is 0. The number of hydrogen-bond donors (Lipinski definition) is 0. The minimum Gasteiger partial charge on any atom is -0.349 e. The smallest absolute Gasteiger partial charge is 0.160 e. The molecule has 0 N–H and O–H groups in total. The first-order valence-corrected chi connectivity index (χ1v) is 8.78. The molecule has 126 valence electrons. The molecule has 3 aromatic heterocycles. The molecule has 0 aliphatic rings. The molecule has 0 aliphatic heterocycles. The maximum absolute atomic E-state index is 4.82. The van der Waals surface area contributed by atoms with Crippen molar-refractivity contribution in [3.63, 3.8) is 0 Å². The van der Waals surface area contributed by atoms with E-state index in [4.69, 9.17) is 5.10 Å². The standard InChI is InChI=1S/C21H22N4/c1-3-7-17-10-11-24(14-17)15-19-20(18-8-5-4-6-9-18)23-25-13-16(2)12-22-21(19)25/h4-6,8-14H,3,7,15H2,1-2H3. The molecule has 0 aliphatic carbocycles. The third kappa shape index (κ3) is 3.07. The van der Waals surface area contributed by atoms with Gasteiger partial charge in [0.05, 0.1) is 6.54 Å². The Hall–Kier alpha value is -2.88. The third-order valence-corrected chi connectivity index (χ3v) is 4.44. The summed E-state index contributed by atoms with van der Waals surface area (Å²) in [7, 11) is 0. The number of fused-ring (bicyclic) bond motifs is 1. The fourth-order valence-electron chi connectivity index (χ4n) is 3.26. The van der Waals surface area contributed by atoms with Gasteiger partial charge in [-0.05, 0) is 30.5 Å². The van der Waals surface area contributed by atoms with Crippen LogP contribution in [-0.4, -0.2) is 19.2 Å². The molecule has 0 fully saturated rings. The molecule has 0 unspecified atom stereocenters. The largest absolute Gasteiger partial charge is 0.349 e. The van der Waals surface area contributed by atoms with Crippen LogP contribution < -0.4 is 0 Å². The van der Waals surface area contributed by atoms with Crippen molar-refractivity contribution in [3.05, 3.63) is 77.9 Å². The van der Waals surface area contributed by atoms with Crippen molar-refractivity contribution < 1.29 is 0 Å². The number of nitrogens with zero attached hydrogens (tertiary/aromatic N) is 4. The zero-order valence-corrected chi connectivity index (χ0v) is 14.7. The Balaban J connectivity index is 1.82. The molecular formula is C21H22N4. The minimum atomic E-state index is 0.771. The van der Waals surface area contributed by atoms with Gasteiger partial charge < -0.3 is 4.57 Å². The number of hydrogen-bond acceptors (Lipinski definition) is 2. The number of rotatable bonds is 5. The Kier molecular flexibility index (Phi) is 4.10. The molecule has 0 atom stereocenters. The molecule has 4 rings (SSSR count). The second-order valence-corrected chi connectivity index (χ2v) is 6.53. The SMILES string of the molecule is CCCc1ccn(Cc2c(-c3ccccc3)nn3cc(C)cnc23)c1. The Morgan fingerprint density at radius 2 is 1.88 bits per heavy atom. The van der Waals surface area contributed by atoms with Gasteiger partial charge in [-0.3, -0.25) is 0 Å². The zero-order chi connectivity index (χ0) is 17.2. The molecule has 0 spiro atoms. The third-order valence-electron chi connectivity index (χ3n) is 4.44. The Morgan fingerprint density at radius 3 is 2.68 bits per heavy atom. The molecule has 25 heavy (non-hydrogen) atoms. The summed E-state index contributed by atoms with van der Waals surface area (Å²) in [6.45, 7) is 5.02. The summed E-state index contributed by atoms with van der Waals surface area (Å²) in [5.41, 5.74) is 6.70. The highest BCUT2D eigenvalue weighted by Gasteiger charge is 2.16. The molecule has 1 aromatic carbocycles. The monoisotopic (exact) mass is 330 g/mol. The Labute approximate surface area is 147 Å². The van der Waals surface area contributed by atoms with Crippen LogP contribution in [-0.2, 0) is 13.0 Å². The molecule has 4 nitrogen and oxygen atoms in total. The second kappa shape index (κ2) is 6.55. The number of benzene rings is 1. The van der Waals surface area contributed by atoms with Gasteiger partial charge in [-0.1, -0.05) is 43.7 Å². The molecule has 4 aromatic rings. The first-order valence-electron chi connectivity index (χ1n) is 8.78. The van der Waals surface area contributed by atoms with E-state index in [9.17, 15) is 0 Å². The fraction of sp³-hybridized carbons (Fsp3) is 0.238. The number of aromatic nitrogens is 4. The van der Waals surface area contributed by atoms with Crippen LogP contribution in [0.25, 0.3) is 16.9 Å². The van der Waals surface area contributed by atoms with Gasteiger partial charge in [0.2, 0.25) is 0 Å². The summed E-state index contributed by atoms with van der Waals surface area (Å²) < 4.78 is 4.14. The van der Waals surface area contributed by atoms with Crippen LogP contribution >= 0.6 is 0 Å². The quantitative estimate of drug-likeness (QED) is 0.540. The lowest BCUT2D eigenvalue weighted by atomic mass is 10.1. The maximum atomic E-state index is 4.82. The van der Waals surface area contributed by atoms with Crippen molar-refractivity contribution in [2.24, 2.45) is 0 Å². The van der Waals surface area contributed by atoms with Gasteiger partial charge in [-0.25, -0.2) is 9.50 Å². The van der Waals surface area contributed by atoms with E-state index < -0.39 is 0 Å². The average Bonchev–Trinajstić information content (AvgIpc) is 3.21. The molecule has 0 radical (unpaired) electrons. The number of aryl methyl sites for hydroxylation is 2. The van der Waals surface area contributed by atoms with Gasteiger partial charge >= 0.3 is 0 Å². The van der Waals surface area contributed by atoms with E-state index in [1.165, 1.54) is 5.56 Å². The fourth-order valence-corrected chi connectivity index (χ4v) is 3.26. The van der Waals surface area contributed by atoms with Crippen LogP contribution in [0, 0.1) is 6.92 Å². The van der Waals surface area contributed by atoms with Crippen LogP contribution in [0.3, 0.4) is 0 Å². The van der Waals surface area contributed by atoms with Crippen molar-refractivity contribution >= 4 is 5.65 Å². The molecule has 0 saturated heterocycles. The first-order chi connectivity index (χ1) is 12.2. The second-order valence-electron chi connectivity index (χ2n) is 6.53. The highest BCUT2D eigenvalue weighted by molar-refractivity contribution is 5.70. The Bertz CT molecular complexity index is 995. The lowest BCUT2D eigenvalue weighted by Gasteiger charge is -2.05. The molecule has 0 saturated carbocycles. The normalized spacial score (nSPS) is 11.3. The summed E-state index contributed by atoms with van der Waals surface area (Å²) in [6, 6.07) is 12.6. The van der Waals surface area contributed by atoms with E-state index in [1.54, 1.807) is 0 Å². The van der Waals surface area contributed by atoms with Gasteiger partial charge in [-0.15, -0.1) is 0 Å². The van der Waals surface area contributed by atoms with Gasteiger partial charge in [0.1, 0.15) is 5.69 Å². The summed E-state index contributed by atoms with van der Waals surface area (Å²) >= 11 is 0. The topological polar surface area (TPSA) is 35.1 Å². The van der Waals surface area contributed by atoms with E-state index >= 15 is 0 Å². The molecule has 3 heterocycles. The van der Waals surface area contributed by atoms with Gasteiger partial charge in [0.15, 0.2) is 5.65 Å². The van der Waals surface area contributed by atoms with E-state index in [0.717, 1.165) is 47.4 Å². The van der Waals surface area contributed by atoms with E-state index in [0.29, 0.717) is 0 Å². The van der Waals surface area contributed by atoms with Gasteiger partial charge in [0.25, 0.3) is 0 Å². The van der Waals surface area contributed by atoms with Crippen LogP contribution in [0.1, 0.15) is 30.0 Å². The van der Waals surface area contributed by atoms with Crippen LogP contribution in [0.2, 0.25) is 0 Å². The van der Waals surface area contributed by atoms with Gasteiger partial charge in [0, 0.05) is 35.9 Å². The molecule has 0 bridgehead atoms. The molecule has 0 amide bonds. The Morgan fingerprint density at radius 1 is 1.04 bits per heavy atom. The minimum absolute atomic E-state index is 0.771. The van der Waals surface area contributed by atoms with E-state index in [1.807, 2.05) is 29.9 Å². The van der Waals surface area contributed by atoms with Crippen molar-refractivity contribution in [2.75, 3.05) is 0 Å². The van der Waals surface area contributed by atoms with Crippen molar-refractivity contribution in [1.29, 1.82) is 0 Å². The highest BCUT2D eigenvalue weighted by Crippen LogP contribution is 2.26. The van der Waals surface area contributed by atoms with Crippen molar-refractivity contribution in [1.82, 2.24) is 19.2 Å². The predicted octanol–water partition coefficient (Wildman–Crippen LogP) is 4.51. The first kappa shape index (κ1) is 15.6. The van der Waals surface area contributed by atoms with Crippen LogP contribution in [0.5, 0.6) is 0 Å². The molecule has 4 heteroatoms. The van der Waals surface area contributed by atoms with Crippen LogP contribution in [0.4, 0.5) is 0 Å². The van der Waals surface area contributed by atoms with Gasteiger partial charge in [-0.2, -0.15) is 5.10 Å². The highest BCUT2D eigenvalue weighted by atomic mass is 15.3. The summed E-state index contributed by atoms with van der Waals surface area (Å²) in [4.78, 5) is 4.65. The molecular weight excluding hydrogens is 308 g/mol. The lowest BCUT2D eigenvalue weighted by Crippen LogP contribution is -1.99. The summed E-state index contributed by atoms with van der Waals surface area (Å²) in [6.07, 6.45) is 10.6. The van der Waals surface area contributed by atoms with Crippen LogP contribution in [0.15, 0.2) is 61.2 Å². The zero-order valence-electron chi connectivity index (χ0n) is 14.7. The summed E-state index contributed by atoms with van der Waals surface area (Å²) in [5, 5.41) is 4.82. The maximum Gasteiger partial charge on any atom is 0.160 e. The van der Waals surface area contributed by atoms with Crippen molar-refractivity contribution in [2.45, 2.75) is 33.2 Å². The van der Waals surface area contributed by atoms with E-state index in [-0.39, 0.29) is 0 Å². The van der Waals surface area contributed by atoms with E-state index in [2.05, 4.69) is 59.2 Å². The lowest BCUT2D eigenvalue weighted by molar-refractivity contribution is 0.802. The predicted molar refractivity (Wildman–Crippen MR) is 101 cm³/mol.